The molecule has 1 aliphatic carbocycles. The molecule has 0 radical (unpaired) electrons. The van der Waals surface area contributed by atoms with E-state index in [1.165, 1.54) is 16.5 Å². The van der Waals surface area contributed by atoms with Crippen molar-refractivity contribution < 1.29 is 28.3 Å². The van der Waals surface area contributed by atoms with Crippen molar-refractivity contribution >= 4 is 40.9 Å². The van der Waals surface area contributed by atoms with E-state index in [0.717, 1.165) is 51.7 Å². The Bertz CT molecular complexity index is 2110. The Morgan fingerprint density at radius 3 is 2.34 bits per heavy atom. The van der Waals surface area contributed by atoms with Gasteiger partial charge in [0, 0.05) is 73.2 Å². The highest BCUT2D eigenvalue weighted by Gasteiger charge is 2.64. The monoisotopic (exact) mass is 810 g/mol. The summed E-state index contributed by atoms with van der Waals surface area (Å²) in [5.74, 6) is -0.978. The van der Waals surface area contributed by atoms with Crippen LogP contribution in [0.4, 0.5) is 10.1 Å². The van der Waals surface area contributed by atoms with Crippen molar-refractivity contribution in [1.82, 2.24) is 20.4 Å². The van der Waals surface area contributed by atoms with Gasteiger partial charge in [-0.2, -0.15) is 5.26 Å². The molecule has 0 aromatic heterocycles. The third-order valence-corrected chi connectivity index (χ3v) is 13.0. The van der Waals surface area contributed by atoms with Crippen molar-refractivity contribution in [2.75, 3.05) is 37.6 Å². The fourth-order valence-corrected chi connectivity index (χ4v) is 9.89. The Balaban J connectivity index is 0.802. The normalized spacial score (nSPS) is 22.5. The minimum absolute atomic E-state index is 0.107. The summed E-state index contributed by atoms with van der Waals surface area (Å²) in [6.07, 6.45) is 5.59. The molecule has 0 bridgehead atoms. The van der Waals surface area contributed by atoms with E-state index >= 15 is 4.39 Å². The average molecular weight is 811 g/mol. The van der Waals surface area contributed by atoms with Gasteiger partial charge in [-0.05, 0) is 79.8 Å². The van der Waals surface area contributed by atoms with Crippen LogP contribution in [0, 0.1) is 28.0 Å². The number of nitrogens with one attached hydrogen (secondary N) is 2. The van der Waals surface area contributed by atoms with Gasteiger partial charge in [0.25, 0.3) is 11.8 Å². The average Bonchev–Trinajstić information content (AvgIpc) is 3.51. The molecule has 3 aromatic rings. The van der Waals surface area contributed by atoms with Crippen molar-refractivity contribution in [3.63, 3.8) is 0 Å². The lowest BCUT2D eigenvalue weighted by atomic mass is 9.49. The molecule has 2 N–H and O–H groups in total. The summed E-state index contributed by atoms with van der Waals surface area (Å²) >= 11 is 6.24. The lowest BCUT2D eigenvalue weighted by molar-refractivity contribution is -0.164. The molecule has 11 nitrogen and oxygen atoms in total. The van der Waals surface area contributed by atoms with E-state index in [0.29, 0.717) is 51.8 Å². The minimum Gasteiger partial charge on any atom is -0.489 e. The van der Waals surface area contributed by atoms with E-state index in [4.69, 9.17) is 16.3 Å². The van der Waals surface area contributed by atoms with E-state index in [9.17, 15) is 24.4 Å². The van der Waals surface area contributed by atoms with Gasteiger partial charge in [-0.1, -0.05) is 64.3 Å². The van der Waals surface area contributed by atoms with Gasteiger partial charge in [-0.25, -0.2) is 4.39 Å². The first-order valence-corrected chi connectivity index (χ1v) is 20.8. The van der Waals surface area contributed by atoms with Crippen LogP contribution in [0.25, 0.3) is 0 Å². The molecule has 306 valence electrons. The van der Waals surface area contributed by atoms with Gasteiger partial charge in [0.15, 0.2) is 0 Å². The number of nitriles is 1. The van der Waals surface area contributed by atoms with E-state index < -0.39 is 11.9 Å². The van der Waals surface area contributed by atoms with Crippen molar-refractivity contribution in [2.24, 2.45) is 10.8 Å². The zero-order chi connectivity index (χ0) is 41.4. The largest absolute Gasteiger partial charge is 0.489 e. The number of amides is 4. The maximum absolute atomic E-state index is 15.3. The highest BCUT2D eigenvalue weighted by Crippen LogP contribution is 2.55. The lowest BCUT2D eigenvalue weighted by Gasteiger charge is -2.63. The SMILES string of the molecule is CC1(C)C(NC(=O)c2ccc(CCCCCCN3CCN(c4cc5c(cc4F)CN(C4CCC(=O)NC4=O)C5=O)CC3)cc2)C(C)(C)C1Oc1ccc(C#N)c(Cl)c1. The summed E-state index contributed by atoms with van der Waals surface area (Å²) in [5.41, 5.74) is 2.97. The van der Waals surface area contributed by atoms with Gasteiger partial charge in [-0.15, -0.1) is 0 Å². The standard InChI is InChI=1S/C45H52ClFN6O5/c1-44(2)42(45(3,4)43(44)58-32-15-14-30(26-48)34(46)24-32)50-39(55)29-12-10-28(11-13-29)9-7-5-6-8-18-51-19-21-52(22-20-51)37-25-33-31(23-35(37)47)27-53(41(33)57)36-16-17-38(54)49-40(36)56/h10-15,23-25,36,42-43H,5-9,16-22,27H2,1-4H3,(H,50,55)(H,49,54,56). The van der Waals surface area contributed by atoms with Gasteiger partial charge >= 0.3 is 0 Å². The van der Waals surface area contributed by atoms with Crippen molar-refractivity contribution in [1.29, 1.82) is 5.26 Å². The number of benzene rings is 3. The molecular formula is C45H52ClFN6O5. The van der Waals surface area contributed by atoms with E-state index in [1.54, 1.807) is 24.3 Å². The number of hydrogen-bond acceptors (Lipinski definition) is 8. The first-order chi connectivity index (χ1) is 27.7. The van der Waals surface area contributed by atoms with Crippen LogP contribution >= 0.6 is 11.6 Å². The lowest BCUT2D eigenvalue weighted by Crippen LogP contribution is -2.74. The number of hydrogen-bond donors (Lipinski definition) is 2. The molecule has 1 atom stereocenters. The maximum atomic E-state index is 15.3. The Morgan fingerprint density at radius 1 is 0.966 bits per heavy atom. The molecule has 3 aliphatic heterocycles. The van der Waals surface area contributed by atoms with Crippen LogP contribution in [0.3, 0.4) is 0 Å². The molecule has 4 aliphatic rings. The molecule has 4 amide bonds. The summed E-state index contributed by atoms with van der Waals surface area (Å²) in [5, 5.41) is 15.1. The molecule has 13 heteroatoms. The molecule has 1 saturated carbocycles. The number of anilines is 1. The molecular weight excluding hydrogens is 759 g/mol. The molecule has 0 spiro atoms. The summed E-state index contributed by atoms with van der Waals surface area (Å²) in [7, 11) is 0. The number of piperazine rings is 1. The Labute approximate surface area is 344 Å². The number of imide groups is 1. The second-order valence-corrected chi connectivity index (χ2v) is 17.8. The van der Waals surface area contributed by atoms with Crippen LogP contribution in [0.5, 0.6) is 5.75 Å². The Morgan fingerprint density at radius 2 is 1.67 bits per heavy atom. The number of rotatable bonds is 13. The minimum atomic E-state index is -0.723. The van der Waals surface area contributed by atoms with Gasteiger partial charge in [-0.3, -0.25) is 29.4 Å². The number of ether oxygens (including phenoxy) is 1. The highest BCUT2D eigenvalue weighted by molar-refractivity contribution is 6.31. The molecule has 3 aromatic carbocycles. The fourth-order valence-electron chi connectivity index (χ4n) is 9.68. The number of fused-ring (bicyclic) bond motifs is 1. The maximum Gasteiger partial charge on any atom is 0.255 e. The molecule has 3 fully saturated rings. The van der Waals surface area contributed by atoms with Gasteiger partial charge < -0.3 is 19.9 Å². The fraction of sp³-hybridized carbons (Fsp3) is 0.489. The number of carbonyl (C=O) groups is 4. The molecule has 2 saturated heterocycles. The first kappa shape index (κ1) is 41.2. The van der Waals surface area contributed by atoms with Crippen LogP contribution in [0.15, 0.2) is 54.6 Å². The van der Waals surface area contributed by atoms with Crippen LogP contribution in [0.2, 0.25) is 5.02 Å². The predicted octanol–water partition coefficient (Wildman–Crippen LogP) is 6.65. The third-order valence-electron chi connectivity index (χ3n) is 12.6. The molecule has 7 rings (SSSR count). The predicted molar refractivity (Wildman–Crippen MR) is 219 cm³/mol. The Kier molecular flexibility index (Phi) is 11.9. The van der Waals surface area contributed by atoms with Crippen LogP contribution in [-0.2, 0) is 22.6 Å². The number of nitrogens with zero attached hydrogens (tertiary/aromatic N) is 4. The third kappa shape index (κ3) is 8.30. The number of carbonyl (C=O) groups excluding carboxylic acids is 4. The summed E-state index contributed by atoms with van der Waals surface area (Å²) in [6.45, 7) is 12.5. The van der Waals surface area contributed by atoms with Crippen LogP contribution in [-0.4, -0.2) is 84.3 Å². The smallest absolute Gasteiger partial charge is 0.255 e. The number of aryl methyl sites for hydroxylation is 1. The first-order valence-electron chi connectivity index (χ1n) is 20.4. The number of piperidine rings is 1. The van der Waals surface area contributed by atoms with E-state index in [2.05, 4.69) is 49.3 Å². The number of unbranched alkanes of at least 4 members (excludes halogenated alkanes) is 3. The summed E-state index contributed by atoms with van der Waals surface area (Å²) in [4.78, 5) is 56.5. The summed E-state index contributed by atoms with van der Waals surface area (Å²) < 4.78 is 21.7. The second kappa shape index (κ2) is 16.7. The Hall–Kier alpha value is -4.99. The topological polar surface area (TPSA) is 135 Å². The second-order valence-electron chi connectivity index (χ2n) is 17.4. The van der Waals surface area contributed by atoms with E-state index in [-0.39, 0.29) is 65.9 Å². The molecule has 58 heavy (non-hydrogen) atoms. The van der Waals surface area contributed by atoms with Crippen molar-refractivity contribution in [3.05, 3.63) is 93.3 Å². The van der Waals surface area contributed by atoms with Gasteiger partial charge in [0.1, 0.15) is 29.8 Å². The van der Waals surface area contributed by atoms with Crippen LogP contribution in [0.1, 0.15) is 104 Å². The summed E-state index contributed by atoms with van der Waals surface area (Å²) in [6, 6.07) is 17.3. The van der Waals surface area contributed by atoms with Crippen molar-refractivity contribution in [3.8, 4) is 11.8 Å². The zero-order valence-corrected chi connectivity index (χ0v) is 34.5. The van der Waals surface area contributed by atoms with E-state index in [1.807, 2.05) is 29.2 Å². The van der Waals surface area contributed by atoms with Crippen LogP contribution < -0.4 is 20.3 Å². The molecule has 3 heterocycles. The van der Waals surface area contributed by atoms with Gasteiger partial charge in [0.05, 0.1) is 16.3 Å². The van der Waals surface area contributed by atoms with Gasteiger partial charge in [0.2, 0.25) is 11.8 Å². The highest BCUT2D eigenvalue weighted by atomic mass is 35.5. The zero-order valence-electron chi connectivity index (χ0n) is 33.7. The number of halogens is 2. The quantitative estimate of drug-likeness (QED) is 0.145. The van der Waals surface area contributed by atoms with Crippen molar-refractivity contribution in [2.45, 2.75) is 97.4 Å². The molecule has 1 unspecified atom stereocenters.